The lowest BCUT2D eigenvalue weighted by atomic mass is 9.93. The predicted molar refractivity (Wildman–Crippen MR) is 84.8 cm³/mol. The van der Waals surface area contributed by atoms with E-state index in [2.05, 4.69) is 54.1 Å². The number of nitrogens with one attached hydrogen (secondary N) is 1. The molecule has 0 spiro atoms. The number of nitro groups is 1. The molecule has 5 nitrogen and oxygen atoms in total. The van der Waals surface area contributed by atoms with Crippen molar-refractivity contribution < 1.29 is 4.92 Å². The Labute approximate surface area is 128 Å². The highest BCUT2D eigenvalue weighted by molar-refractivity contribution is 9.10. The zero-order valence-corrected chi connectivity index (χ0v) is 14.0. The predicted octanol–water partition coefficient (Wildman–Crippen LogP) is 3.03. The van der Waals surface area contributed by atoms with Gasteiger partial charge in [0.1, 0.15) is 0 Å². The van der Waals surface area contributed by atoms with Crippen LogP contribution in [0.25, 0.3) is 0 Å². The molecule has 20 heavy (non-hydrogen) atoms. The normalized spacial score (nSPS) is 11.9. The van der Waals surface area contributed by atoms with Crippen LogP contribution in [0.4, 0.5) is 5.69 Å². The van der Waals surface area contributed by atoms with Crippen molar-refractivity contribution in [2.24, 2.45) is 5.41 Å². The molecule has 0 atom stereocenters. The Balaban J connectivity index is 2.58. The molecular formula is C14H22BrN3O2. The summed E-state index contributed by atoms with van der Waals surface area (Å²) in [4.78, 5) is 12.7. The van der Waals surface area contributed by atoms with Gasteiger partial charge in [-0.25, -0.2) is 0 Å². The van der Waals surface area contributed by atoms with Gasteiger partial charge in [-0.3, -0.25) is 10.1 Å². The van der Waals surface area contributed by atoms with E-state index >= 15 is 0 Å². The number of hydrogen-bond donors (Lipinski definition) is 1. The molecule has 0 amide bonds. The van der Waals surface area contributed by atoms with Gasteiger partial charge in [0.2, 0.25) is 0 Å². The lowest BCUT2D eigenvalue weighted by Crippen LogP contribution is -2.37. The van der Waals surface area contributed by atoms with Gasteiger partial charge in [0.05, 0.1) is 9.40 Å². The summed E-state index contributed by atoms with van der Waals surface area (Å²) in [5, 5.41) is 14.2. The molecule has 1 aromatic rings. The SMILES string of the molecule is CN(C)CC(C)(C)CNCc1ccc(Br)c([N+](=O)[O-])c1. The van der Waals surface area contributed by atoms with Gasteiger partial charge < -0.3 is 10.2 Å². The van der Waals surface area contributed by atoms with Crippen LogP contribution in [-0.2, 0) is 6.54 Å². The summed E-state index contributed by atoms with van der Waals surface area (Å²) in [6.45, 7) is 6.87. The fourth-order valence-electron chi connectivity index (χ4n) is 2.27. The molecule has 1 N–H and O–H groups in total. The van der Waals surface area contributed by atoms with Crippen molar-refractivity contribution >= 4 is 21.6 Å². The Hall–Kier alpha value is -0.980. The molecule has 0 aromatic heterocycles. The van der Waals surface area contributed by atoms with Crippen LogP contribution in [-0.4, -0.2) is 37.0 Å². The quantitative estimate of drug-likeness (QED) is 0.610. The van der Waals surface area contributed by atoms with Crippen LogP contribution in [0.15, 0.2) is 22.7 Å². The largest absolute Gasteiger partial charge is 0.312 e. The number of hydrogen-bond acceptors (Lipinski definition) is 4. The van der Waals surface area contributed by atoms with E-state index in [0.717, 1.165) is 18.7 Å². The van der Waals surface area contributed by atoms with Gasteiger partial charge in [0.25, 0.3) is 5.69 Å². The first-order valence-corrected chi connectivity index (χ1v) is 7.29. The lowest BCUT2D eigenvalue weighted by molar-refractivity contribution is -0.385. The van der Waals surface area contributed by atoms with Crippen molar-refractivity contribution in [2.75, 3.05) is 27.2 Å². The molecule has 0 saturated carbocycles. The molecular weight excluding hydrogens is 322 g/mol. The Morgan fingerprint density at radius 3 is 2.60 bits per heavy atom. The molecule has 6 heteroatoms. The van der Waals surface area contributed by atoms with Crippen LogP contribution >= 0.6 is 15.9 Å². The van der Waals surface area contributed by atoms with E-state index < -0.39 is 0 Å². The minimum atomic E-state index is -0.371. The summed E-state index contributed by atoms with van der Waals surface area (Å²) in [5.41, 5.74) is 1.18. The number of rotatable bonds is 7. The third-order valence-corrected chi connectivity index (χ3v) is 3.55. The van der Waals surface area contributed by atoms with E-state index in [0.29, 0.717) is 11.0 Å². The number of halogens is 1. The van der Waals surface area contributed by atoms with Crippen molar-refractivity contribution in [3.8, 4) is 0 Å². The van der Waals surface area contributed by atoms with Crippen molar-refractivity contribution in [1.29, 1.82) is 0 Å². The van der Waals surface area contributed by atoms with E-state index in [4.69, 9.17) is 0 Å². The highest BCUT2D eigenvalue weighted by Crippen LogP contribution is 2.25. The lowest BCUT2D eigenvalue weighted by Gasteiger charge is -2.28. The molecule has 1 rings (SSSR count). The van der Waals surface area contributed by atoms with Crippen molar-refractivity contribution in [2.45, 2.75) is 20.4 Å². The smallest absolute Gasteiger partial charge is 0.283 e. The second-order valence-electron chi connectivity index (χ2n) is 6.05. The monoisotopic (exact) mass is 343 g/mol. The van der Waals surface area contributed by atoms with Gasteiger partial charge in [0.15, 0.2) is 0 Å². The summed E-state index contributed by atoms with van der Waals surface area (Å²) in [5.74, 6) is 0. The molecule has 0 radical (unpaired) electrons. The van der Waals surface area contributed by atoms with Crippen LogP contribution in [0.5, 0.6) is 0 Å². The Kier molecular flexibility index (Phi) is 6.10. The molecule has 0 saturated heterocycles. The van der Waals surface area contributed by atoms with Crippen LogP contribution < -0.4 is 5.32 Å². The molecule has 0 bridgehead atoms. The van der Waals surface area contributed by atoms with Crippen LogP contribution in [0, 0.1) is 15.5 Å². The summed E-state index contributed by atoms with van der Waals surface area (Å²) in [6, 6.07) is 5.22. The first-order valence-electron chi connectivity index (χ1n) is 6.49. The van der Waals surface area contributed by atoms with Crippen molar-refractivity contribution in [3.05, 3.63) is 38.3 Å². The molecule has 0 fully saturated rings. The number of nitro benzene ring substituents is 1. The first kappa shape index (κ1) is 17.1. The maximum Gasteiger partial charge on any atom is 0.283 e. The van der Waals surface area contributed by atoms with E-state index in [1.165, 1.54) is 0 Å². The standard InChI is InChI=1S/C14H22BrN3O2/c1-14(2,10-17(3)4)9-16-8-11-5-6-12(15)13(7-11)18(19)20/h5-7,16H,8-10H2,1-4H3. The van der Waals surface area contributed by atoms with Gasteiger partial charge in [0, 0.05) is 25.7 Å². The van der Waals surface area contributed by atoms with E-state index in [9.17, 15) is 10.1 Å². The topological polar surface area (TPSA) is 58.4 Å². The second-order valence-corrected chi connectivity index (χ2v) is 6.90. The summed E-state index contributed by atoms with van der Waals surface area (Å²) in [6.07, 6.45) is 0. The Morgan fingerprint density at radius 1 is 1.40 bits per heavy atom. The van der Waals surface area contributed by atoms with Crippen molar-refractivity contribution in [3.63, 3.8) is 0 Å². The average molecular weight is 344 g/mol. The van der Waals surface area contributed by atoms with E-state index in [-0.39, 0.29) is 16.0 Å². The van der Waals surface area contributed by atoms with Crippen LogP contribution in [0.1, 0.15) is 19.4 Å². The third-order valence-electron chi connectivity index (χ3n) is 2.88. The van der Waals surface area contributed by atoms with Gasteiger partial charge >= 0.3 is 0 Å². The molecule has 0 unspecified atom stereocenters. The van der Waals surface area contributed by atoms with E-state index in [1.54, 1.807) is 12.1 Å². The Bertz CT molecular complexity index is 475. The third kappa shape index (κ3) is 5.56. The summed E-state index contributed by atoms with van der Waals surface area (Å²) in [7, 11) is 4.11. The van der Waals surface area contributed by atoms with Gasteiger partial charge in [-0.05, 0) is 47.1 Å². The first-order chi connectivity index (χ1) is 9.21. The van der Waals surface area contributed by atoms with Gasteiger partial charge in [-0.2, -0.15) is 0 Å². The number of nitrogens with zero attached hydrogens (tertiary/aromatic N) is 2. The van der Waals surface area contributed by atoms with E-state index in [1.807, 2.05) is 6.07 Å². The maximum absolute atomic E-state index is 10.9. The zero-order chi connectivity index (χ0) is 15.3. The second kappa shape index (κ2) is 7.15. The Morgan fingerprint density at radius 2 is 2.05 bits per heavy atom. The molecule has 112 valence electrons. The summed E-state index contributed by atoms with van der Waals surface area (Å²) >= 11 is 3.19. The molecule has 0 heterocycles. The zero-order valence-electron chi connectivity index (χ0n) is 12.4. The van der Waals surface area contributed by atoms with Gasteiger partial charge in [-0.1, -0.05) is 19.9 Å². The molecule has 1 aromatic carbocycles. The fraction of sp³-hybridized carbons (Fsp3) is 0.571. The van der Waals surface area contributed by atoms with Crippen LogP contribution in [0.2, 0.25) is 0 Å². The summed E-state index contributed by atoms with van der Waals surface area (Å²) < 4.78 is 0.513. The molecule has 0 aliphatic heterocycles. The van der Waals surface area contributed by atoms with Crippen LogP contribution in [0.3, 0.4) is 0 Å². The molecule has 0 aliphatic rings. The fourth-order valence-corrected chi connectivity index (χ4v) is 2.66. The highest BCUT2D eigenvalue weighted by atomic mass is 79.9. The minimum absolute atomic E-state index is 0.108. The number of benzene rings is 1. The minimum Gasteiger partial charge on any atom is -0.312 e. The van der Waals surface area contributed by atoms with Gasteiger partial charge in [-0.15, -0.1) is 0 Å². The highest BCUT2D eigenvalue weighted by Gasteiger charge is 2.18. The average Bonchev–Trinajstić information content (AvgIpc) is 2.28. The molecule has 0 aliphatic carbocycles. The maximum atomic E-state index is 10.9. The van der Waals surface area contributed by atoms with Crippen molar-refractivity contribution in [1.82, 2.24) is 10.2 Å².